The van der Waals surface area contributed by atoms with E-state index in [9.17, 15) is 19.8 Å². The van der Waals surface area contributed by atoms with Crippen molar-refractivity contribution in [1.82, 2.24) is 0 Å². The molecule has 0 aromatic heterocycles. The summed E-state index contributed by atoms with van der Waals surface area (Å²) < 4.78 is 28.5. The Labute approximate surface area is 274 Å². The molecule has 2 aliphatic heterocycles. The SMILES string of the molecule is CCC(C(C(=O)O)=C(C(=O)O)C(CC)[Si]1(O[Si](C)(C)C)CCC(C)(C)O[Si]1(C)C)[Si]1(O[Si](C)(C)C)CCC(C)(C)O[Si]1(C)C. The zero-order valence-electron chi connectivity index (χ0n) is 30.7. The average Bonchev–Trinajstić information content (AvgIpc) is 2.77. The fourth-order valence-corrected chi connectivity index (χ4v) is 56.9. The van der Waals surface area contributed by atoms with E-state index < -0.39 is 71.0 Å². The molecule has 2 rings (SSSR count). The highest BCUT2D eigenvalue weighted by Gasteiger charge is 2.67. The van der Waals surface area contributed by atoms with Gasteiger partial charge < -0.3 is 27.3 Å². The monoisotopic (exact) mass is 720 g/mol. The van der Waals surface area contributed by atoms with Gasteiger partial charge in [0.25, 0.3) is 0 Å². The molecular formula is C30H64O8Si6. The lowest BCUT2D eigenvalue weighted by Crippen LogP contribution is -2.74. The van der Waals surface area contributed by atoms with E-state index in [1.54, 1.807) is 0 Å². The van der Waals surface area contributed by atoms with Crippen LogP contribution in [-0.2, 0) is 26.7 Å². The highest BCUT2D eigenvalue weighted by atomic mass is 29.3. The summed E-state index contributed by atoms with van der Waals surface area (Å²) in [5.41, 5.74) is -1.55. The minimum atomic E-state index is -3.00. The molecule has 8 nitrogen and oxygen atoms in total. The van der Waals surface area contributed by atoms with Crippen LogP contribution in [0.15, 0.2) is 11.1 Å². The zero-order valence-corrected chi connectivity index (χ0v) is 36.7. The first-order valence-corrected chi connectivity index (χ1v) is 35.6. The van der Waals surface area contributed by atoms with Crippen molar-refractivity contribution in [2.75, 3.05) is 0 Å². The molecule has 0 radical (unpaired) electrons. The highest BCUT2D eigenvalue weighted by molar-refractivity contribution is 7.39. The van der Waals surface area contributed by atoms with Gasteiger partial charge in [-0.3, -0.25) is 0 Å². The Kier molecular flexibility index (Phi) is 11.8. The van der Waals surface area contributed by atoms with E-state index in [2.05, 4.69) is 93.2 Å². The van der Waals surface area contributed by atoms with Crippen molar-refractivity contribution >= 4 is 59.9 Å². The van der Waals surface area contributed by atoms with Gasteiger partial charge in [-0.15, -0.1) is 0 Å². The predicted octanol–water partition coefficient (Wildman–Crippen LogP) is 8.57. The van der Waals surface area contributed by atoms with Crippen LogP contribution in [0.25, 0.3) is 0 Å². The van der Waals surface area contributed by atoms with Gasteiger partial charge in [-0.2, -0.15) is 0 Å². The zero-order chi connectivity index (χ0) is 34.5. The van der Waals surface area contributed by atoms with Crippen LogP contribution >= 0.6 is 0 Å². The molecule has 0 bridgehead atoms. The maximum absolute atomic E-state index is 13.7. The molecule has 44 heavy (non-hydrogen) atoms. The van der Waals surface area contributed by atoms with Gasteiger partial charge in [0.1, 0.15) is 0 Å². The molecule has 0 saturated carbocycles. The van der Waals surface area contributed by atoms with E-state index in [0.29, 0.717) is 12.8 Å². The quantitative estimate of drug-likeness (QED) is 0.152. The number of hydrogen-bond donors (Lipinski definition) is 2. The van der Waals surface area contributed by atoms with Crippen molar-refractivity contribution in [3.63, 3.8) is 0 Å². The van der Waals surface area contributed by atoms with Crippen LogP contribution in [0.4, 0.5) is 0 Å². The molecule has 14 heteroatoms. The Morgan fingerprint density at radius 2 is 0.955 bits per heavy atom. The summed E-state index contributed by atoms with van der Waals surface area (Å²) in [5, 5.41) is 22.4. The van der Waals surface area contributed by atoms with Crippen molar-refractivity contribution in [1.29, 1.82) is 0 Å². The van der Waals surface area contributed by atoms with Crippen LogP contribution in [-0.4, -0.2) is 81.3 Å². The number of rotatable bonds is 12. The first-order chi connectivity index (χ1) is 19.5. The van der Waals surface area contributed by atoms with Crippen molar-refractivity contribution in [2.45, 2.75) is 167 Å². The summed E-state index contributed by atoms with van der Waals surface area (Å²) in [4.78, 5) is 27.4. The van der Waals surface area contributed by atoms with Gasteiger partial charge in [0.15, 0.2) is 16.6 Å². The standard InChI is InChI=1S/C30H64O8Si6/c1-17-23(43(37-39(7,8)9)21-19-29(3,4)35-41(43,13)14)25(27(31)32)26(28(33)34)24(18-2)44(38-40(10,11)12)22-20-30(5,6)36-42(44,15)16/h23-24H,17-22H2,1-16H3,(H,31,32)(H,33,34). The molecule has 0 spiro atoms. The molecule has 2 fully saturated rings. The molecule has 4 unspecified atom stereocenters. The van der Waals surface area contributed by atoms with Crippen molar-refractivity contribution in [3.8, 4) is 0 Å². The third kappa shape index (κ3) is 8.27. The van der Waals surface area contributed by atoms with Gasteiger partial charge in [0.2, 0.25) is 31.3 Å². The lowest BCUT2D eigenvalue weighted by atomic mass is 9.98. The Bertz CT molecular complexity index is 1040. The van der Waals surface area contributed by atoms with Crippen molar-refractivity contribution in [2.24, 2.45) is 0 Å². The van der Waals surface area contributed by atoms with Gasteiger partial charge in [0.05, 0.1) is 11.2 Å². The van der Waals surface area contributed by atoms with Crippen LogP contribution in [0.2, 0.25) is 88.6 Å². The largest absolute Gasteiger partial charge is 0.478 e. The summed E-state index contributed by atoms with van der Waals surface area (Å²) in [5.74, 6) is -2.27. The van der Waals surface area contributed by atoms with Crippen LogP contribution in [0.3, 0.4) is 0 Å². The number of aliphatic carboxylic acids is 2. The van der Waals surface area contributed by atoms with Crippen LogP contribution in [0.1, 0.15) is 67.2 Å². The Balaban J connectivity index is 3.08. The third-order valence-electron chi connectivity index (χ3n) is 9.66. The topological polar surface area (TPSA) is 112 Å². The smallest absolute Gasteiger partial charge is 0.332 e. The van der Waals surface area contributed by atoms with Gasteiger partial charge >= 0.3 is 11.9 Å². The van der Waals surface area contributed by atoms with Gasteiger partial charge in [0, 0.05) is 22.2 Å². The highest BCUT2D eigenvalue weighted by Crippen LogP contribution is 2.55. The molecule has 2 N–H and O–H groups in total. The first-order valence-electron chi connectivity index (χ1n) is 16.5. The van der Waals surface area contributed by atoms with E-state index in [-0.39, 0.29) is 22.3 Å². The summed E-state index contributed by atoms with van der Waals surface area (Å²) in [6.07, 6.45) is 2.53. The molecule has 2 saturated heterocycles. The molecular weight excluding hydrogens is 657 g/mol. The second-order valence-corrected chi connectivity index (χ2v) is 52.1. The van der Waals surface area contributed by atoms with Crippen LogP contribution in [0.5, 0.6) is 0 Å². The molecule has 4 atom stereocenters. The lowest BCUT2D eigenvalue weighted by Gasteiger charge is -2.58. The maximum atomic E-state index is 13.7. The minimum Gasteiger partial charge on any atom is -0.478 e. The van der Waals surface area contributed by atoms with Gasteiger partial charge in [-0.25, -0.2) is 9.59 Å². The summed E-state index contributed by atoms with van der Waals surface area (Å²) in [6.45, 7) is 34.2. The number of carboxylic acids is 2. The maximum Gasteiger partial charge on any atom is 0.332 e. The second-order valence-electron chi connectivity index (χ2n) is 17.3. The van der Waals surface area contributed by atoms with Crippen LogP contribution < -0.4 is 0 Å². The summed E-state index contributed by atoms with van der Waals surface area (Å²) in [6, 6.07) is 1.54. The van der Waals surface area contributed by atoms with Gasteiger partial charge in [-0.05, 0) is 131 Å². The number of carbonyl (C=O) groups is 2. The molecule has 0 aromatic rings. The van der Waals surface area contributed by atoms with Crippen molar-refractivity contribution in [3.05, 3.63) is 11.1 Å². The second kappa shape index (κ2) is 13.0. The molecule has 0 aromatic carbocycles. The summed E-state index contributed by atoms with van der Waals surface area (Å²) >= 11 is 0. The summed E-state index contributed by atoms with van der Waals surface area (Å²) in [7, 11) is -15.7. The Morgan fingerprint density at radius 3 is 1.14 bits per heavy atom. The number of carboxylic acid groups (broad SMARTS) is 2. The molecule has 0 aliphatic carbocycles. The molecule has 2 aliphatic rings. The molecule has 2 heterocycles. The van der Waals surface area contributed by atoms with Gasteiger partial charge in [-0.1, -0.05) is 13.8 Å². The van der Waals surface area contributed by atoms with Crippen LogP contribution in [0, 0.1) is 0 Å². The third-order valence-corrected chi connectivity index (χ3v) is 47.6. The normalized spacial score (nSPS) is 30.2. The van der Waals surface area contributed by atoms with E-state index in [0.717, 1.165) is 24.9 Å². The Morgan fingerprint density at radius 1 is 0.682 bits per heavy atom. The average molecular weight is 721 g/mol. The van der Waals surface area contributed by atoms with Crippen molar-refractivity contribution < 1.29 is 36.9 Å². The number of hydrogen-bond acceptors (Lipinski definition) is 6. The van der Waals surface area contributed by atoms with E-state index in [4.69, 9.17) is 17.1 Å². The van der Waals surface area contributed by atoms with E-state index in [1.807, 2.05) is 13.8 Å². The fraction of sp³-hybridized carbons (Fsp3) is 0.867. The lowest BCUT2D eigenvalue weighted by molar-refractivity contribution is -0.136. The minimum absolute atomic E-state index is 0.0568. The first kappa shape index (κ1) is 40.0. The van der Waals surface area contributed by atoms with E-state index in [1.165, 1.54) is 0 Å². The fourth-order valence-electron chi connectivity index (χ4n) is 8.44. The Hall–Kier alpha value is -0.179. The van der Waals surface area contributed by atoms with E-state index >= 15 is 0 Å². The predicted molar refractivity (Wildman–Crippen MR) is 195 cm³/mol. The molecule has 0 amide bonds. The molecule has 256 valence electrons.